The van der Waals surface area contributed by atoms with Gasteiger partial charge in [0.05, 0.1) is 68.5 Å². The topological polar surface area (TPSA) is 86.7 Å². The Morgan fingerprint density at radius 3 is 1.19 bits per heavy atom. The third-order valence-corrected chi connectivity index (χ3v) is 5.58. The Hall–Kier alpha value is -2.17. The highest BCUT2D eigenvalue weighted by Gasteiger charge is 2.12. The average Bonchev–Trinajstić information content (AvgIpc) is 2.72. The van der Waals surface area contributed by atoms with Crippen molar-refractivity contribution in [3.63, 3.8) is 0 Å². The van der Waals surface area contributed by atoms with Crippen molar-refractivity contribution in [2.75, 3.05) is 91.4 Å². The van der Waals surface area contributed by atoms with Crippen LogP contribution >= 0.6 is 0 Å². The first-order chi connectivity index (χ1) is 16.8. The molecule has 0 spiro atoms. The SMILES string of the molecule is CCN(CC[N+](C)(C)C)c1cccc(C)c1.CCN(CC[N+](C)(C)C)c1cccc(C)c1.O=S(=O)([O-])[O-]. The van der Waals surface area contributed by atoms with Gasteiger partial charge in [-0.05, 0) is 63.1 Å². The van der Waals surface area contributed by atoms with E-state index in [0.29, 0.717) is 0 Å². The van der Waals surface area contributed by atoms with Crippen molar-refractivity contribution < 1.29 is 26.5 Å². The van der Waals surface area contributed by atoms with Crippen LogP contribution in [0.15, 0.2) is 48.5 Å². The fraction of sp³-hybridized carbons (Fsp3) is 0.571. The fourth-order valence-corrected chi connectivity index (χ4v) is 3.43. The molecule has 0 atom stereocenters. The summed E-state index contributed by atoms with van der Waals surface area (Å²) in [6.07, 6.45) is 0. The maximum atomic E-state index is 8.52. The number of aryl methyl sites for hydroxylation is 2. The molecule has 0 heterocycles. The largest absolute Gasteiger partial charge is 0.759 e. The Morgan fingerprint density at radius 1 is 0.676 bits per heavy atom. The molecule has 0 fully saturated rings. The van der Waals surface area contributed by atoms with E-state index in [1.54, 1.807) is 0 Å². The van der Waals surface area contributed by atoms with Crippen molar-refractivity contribution in [2.45, 2.75) is 27.7 Å². The predicted octanol–water partition coefficient (Wildman–Crippen LogP) is 3.72. The number of likely N-dealkylation sites (N-methyl/N-ethyl adjacent to an activating group) is 4. The van der Waals surface area contributed by atoms with Crippen molar-refractivity contribution >= 4 is 21.8 Å². The smallest absolute Gasteiger partial charge is 0.0958 e. The first-order valence-electron chi connectivity index (χ1n) is 12.8. The van der Waals surface area contributed by atoms with Crippen molar-refractivity contribution in [1.82, 2.24) is 0 Å². The molecule has 0 N–H and O–H groups in total. The van der Waals surface area contributed by atoms with Gasteiger partial charge in [-0.2, -0.15) is 0 Å². The number of anilines is 2. The Labute approximate surface area is 226 Å². The minimum Gasteiger partial charge on any atom is -0.759 e. The van der Waals surface area contributed by atoms with Crippen LogP contribution in [0.1, 0.15) is 25.0 Å². The molecule has 2 aromatic rings. The molecule has 8 nitrogen and oxygen atoms in total. The van der Waals surface area contributed by atoms with E-state index in [2.05, 4.69) is 128 Å². The number of rotatable bonds is 10. The first kappa shape index (κ1) is 34.8. The summed E-state index contributed by atoms with van der Waals surface area (Å²) >= 11 is 0. The molecule has 0 aromatic heterocycles. The van der Waals surface area contributed by atoms with Gasteiger partial charge >= 0.3 is 0 Å². The normalized spacial score (nSPS) is 11.6. The van der Waals surface area contributed by atoms with E-state index in [1.165, 1.54) is 35.6 Å². The van der Waals surface area contributed by atoms with Crippen LogP contribution in [0.5, 0.6) is 0 Å². The van der Waals surface area contributed by atoms with Gasteiger partial charge in [-0.25, -0.2) is 0 Å². The molecule has 9 heteroatoms. The molecule has 0 aliphatic carbocycles. The van der Waals surface area contributed by atoms with Crippen molar-refractivity contribution in [3.8, 4) is 0 Å². The van der Waals surface area contributed by atoms with Crippen LogP contribution in [0, 0.1) is 13.8 Å². The standard InChI is InChI=1S/2C14H25N2.H2O4S/c2*1-6-15(10-11-16(3,4)5)14-9-7-8-13(2)12-14;1-5(2,3)4/h2*7-9,12H,6,10-11H2,1-5H3;(H2,1,2,3,4)/q2*+1;/p-2. The Kier molecular flexibility index (Phi) is 15.0. The van der Waals surface area contributed by atoms with Crippen LogP contribution < -0.4 is 9.80 Å². The lowest BCUT2D eigenvalue weighted by Gasteiger charge is -2.29. The van der Waals surface area contributed by atoms with Crippen molar-refractivity contribution in [3.05, 3.63) is 59.7 Å². The molecular weight excluding hydrogens is 488 g/mol. The molecule has 0 bridgehead atoms. The summed E-state index contributed by atoms with van der Waals surface area (Å²) in [4.78, 5) is 4.88. The lowest BCUT2D eigenvalue weighted by molar-refractivity contribution is -0.868. The second-order valence-corrected chi connectivity index (χ2v) is 12.1. The fourth-order valence-electron chi connectivity index (χ4n) is 3.43. The Balaban J connectivity index is 0.000000594. The predicted molar refractivity (Wildman–Crippen MR) is 154 cm³/mol. The molecule has 212 valence electrons. The van der Waals surface area contributed by atoms with Crippen LogP contribution in [-0.2, 0) is 10.4 Å². The minimum absolute atomic E-state index is 1.02. The summed E-state index contributed by atoms with van der Waals surface area (Å²) in [5.41, 5.74) is 5.36. The zero-order chi connectivity index (χ0) is 28.9. The number of hydrogen-bond acceptors (Lipinski definition) is 6. The third-order valence-electron chi connectivity index (χ3n) is 5.58. The average molecular weight is 539 g/mol. The van der Waals surface area contributed by atoms with Crippen LogP contribution in [-0.4, -0.2) is 108 Å². The zero-order valence-electron chi connectivity index (χ0n) is 24.7. The maximum absolute atomic E-state index is 8.52. The molecule has 0 saturated carbocycles. The van der Waals surface area contributed by atoms with Gasteiger partial charge in [-0.15, -0.1) is 0 Å². The van der Waals surface area contributed by atoms with Gasteiger partial charge in [0.15, 0.2) is 0 Å². The summed E-state index contributed by atoms with van der Waals surface area (Å²) in [7, 11) is 8.27. The monoisotopic (exact) mass is 538 g/mol. The van der Waals surface area contributed by atoms with Gasteiger partial charge in [-0.3, -0.25) is 8.42 Å². The van der Waals surface area contributed by atoms with E-state index < -0.39 is 10.4 Å². The van der Waals surface area contributed by atoms with Gasteiger partial charge in [-0.1, -0.05) is 24.3 Å². The molecule has 2 rings (SSSR count). The van der Waals surface area contributed by atoms with Gasteiger partial charge in [0, 0.05) is 34.9 Å². The second kappa shape index (κ2) is 15.9. The molecule has 37 heavy (non-hydrogen) atoms. The second-order valence-electron chi connectivity index (χ2n) is 11.3. The molecule has 0 amide bonds. The van der Waals surface area contributed by atoms with Crippen LogP contribution in [0.2, 0.25) is 0 Å². The van der Waals surface area contributed by atoms with Gasteiger partial charge < -0.3 is 27.9 Å². The van der Waals surface area contributed by atoms with E-state index in [4.69, 9.17) is 17.5 Å². The van der Waals surface area contributed by atoms with E-state index in [-0.39, 0.29) is 0 Å². The number of quaternary nitrogens is 2. The molecule has 2 aromatic carbocycles. The summed E-state index contributed by atoms with van der Waals surface area (Å²) < 4.78 is 36.1. The molecule has 0 unspecified atom stereocenters. The third kappa shape index (κ3) is 19.6. The highest BCUT2D eigenvalue weighted by molar-refractivity contribution is 7.79. The van der Waals surface area contributed by atoms with Gasteiger partial charge in [0.25, 0.3) is 0 Å². The number of hydrogen-bond donors (Lipinski definition) is 0. The van der Waals surface area contributed by atoms with E-state index in [0.717, 1.165) is 35.1 Å². The first-order valence-corrected chi connectivity index (χ1v) is 14.1. The van der Waals surface area contributed by atoms with Crippen molar-refractivity contribution in [2.24, 2.45) is 0 Å². The molecule has 0 radical (unpaired) electrons. The lowest BCUT2D eigenvalue weighted by atomic mass is 10.2. The Morgan fingerprint density at radius 2 is 0.973 bits per heavy atom. The molecule has 0 aliphatic heterocycles. The summed E-state index contributed by atoms with van der Waals surface area (Å²) in [5.74, 6) is 0. The van der Waals surface area contributed by atoms with Crippen LogP contribution in [0.4, 0.5) is 11.4 Å². The maximum Gasteiger partial charge on any atom is 0.0958 e. The van der Waals surface area contributed by atoms with E-state index in [9.17, 15) is 0 Å². The number of nitrogens with zero attached hydrogens (tertiary/aromatic N) is 4. The van der Waals surface area contributed by atoms with Crippen LogP contribution in [0.3, 0.4) is 0 Å². The lowest BCUT2D eigenvalue weighted by Crippen LogP contribution is -2.42. The summed E-state index contributed by atoms with van der Waals surface area (Å²) in [6, 6.07) is 17.5. The summed E-state index contributed by atoms with van der Waals surface area (Å²) in [6.45, 7) is 15.5. The number of benzene rings is 2. The summed E-state index contributed by atoms with van der Waals surface area (Å²) in [5, 5.41) is 0. The quantitative estimate of drug-likeness (QED) is 0.260. The highest BCUT2D eigenvalue weighted by Crippen LogP contribution is 2.16. The van der Waals surface area contributed by atoms with Crippen LogP contribution in [0.25, 0.3) is 0 Å². The van der Waals surface area contributed by atoms with E-state index >= 15 is 0 Å². The zero-order valence-corrected chi connectivity index (χ0v) is 25.5. The van der Waals surface area contributed by atoms with Gasteiger partial charge in [0.1, 0.15) is 0 Å². The molecular formula is C28H50N4O4S. The molecule has 0 saturated heterocycles. The minimum atomic E-state index is -5.17. The van der Waals surface area contributed by atoms with Gasteiger partial charge in [0.2, 0.25) is 0 Å². The molecule has 0 aliphatic rings. The highest BCUT2D eigenvalue weighted by atomic mass is 32.3. The Bertz CT molecular complexity index is 940. The van der Waals surface area contributed by atoms with Crippen molar-refractivity contribution in [1.29, 1.82) is 0 Å². The van der Waals surface area contributed by atoms with E-state index in [1.807, 2.05) is 0 Å².